The molecule has 1 fully saturated rings. The summed E-state index contributed by atoms with van der Waals surface area (Å²) in [5, 5.41) is 9.92. The average Bonchev–Trinajstić information content (AvgIpc) is 2.95. The fraction of sp³-hybridized carbons (Fsp3) is 0.538. The number of carboxylic acid groups (broad SMARTS) is 1. The van der Waals surface area contributed by atoms with Gasteiger partial charge in [-0.25, -0.2) is 0 Å². The number of carboxylic acids is 1. The molecule has 5 nitrogen and oxygen atoms in total. The van der Waals surface area contributed by atoms with Crippen LogP contribution in [-0.4, -0.2) is 40.0 Å². The molecule has 1 amide bonds. The molecule has 0 aliphatic carbocycles. The van der Waals surface area contributed by atoms with Crippen LogP contribution >= 0.6 is 23.2 Å². The summed E-state index contributed by atoms with van der Waals surface area (Å²) in [5.41, 5.74) is -0.539. The molecule has 1 aromatic heterocycles. The van der Waals surface area contributed by atoms with Gasteiger partial charge in [0.15, 0.2) is 0 Å². The van der Waals surface area contributed by atoms with E-state index in [4.69, 9.17) is 23.2 Å². The van der Waals surface area contributed by atoms with Crippen LogP contribution in [0.3, 0.4) is 0 Å². The minimum Gasteiger partial charge on any atom is -0.481 e. The molecule has 1 saturated heterocycles. The van der Waals surface area contributed by atoms with Gasteiger partial charge in [-0.1, -0.05) is 36.5 Å². The third-order valence-corrected chi connectivity index (χ3v) is 4.47. The molecule has 1 unspecified atom stereocenters. The molecular formula is C13H16Cl2N2O3. The topological polar surface area (TPSA) is 73.4 Å². The Balaban J connectivity index is 2.16. The molecule has 1 atom stereocenters. The molecular weight excluding hydrogens is 303 g/mol. The van der Waals surface area contributed by atoms with Crippen molar-refractivity contribution in [3.8, 4) is 0 Å². The van der Waals surface area contributed by atoms with Crippen LogP contribution in [0.2, 0.25) is 10.2 Å². The van der Waals surface area contributed by atoms with E-state index in [0.717, 1.165) is 6.42 Å². The number of aromatic amines is 1. The summed E-state index contributed by atoms with van der Waals surface area (Å²) < 4.78 is 0. The Morgan fingerprint density at radius 3 is 2.70 bits per heavy atom. The first-order valence-corrected chi connectivity index (χ1v) is 7.22. The first-order chi connectivity index (χ1) is 9.39. The summed E-state index contributed by atoms with van der Waals surface area (Å²) in [4.78, 5) is 28.0. The lowest BCUT2D eigenvalue weighted by Gasteiger charge is -2.24. The Bertz CT molecular complexity index is 524. The van der Waals surface area contributed by atoms with Crippen LogP contribution in [0, 0.1) is 5.41 Å². The molecule has 1 aromatic rings. The molecule has 2 heterocycles. The van der Waals surface area contributed by atoms with Gasteiger partial charge in [0.05, 0.1) is 10.4 Å². The highest BCUT2D eigenvalue weighted by molar-refractivity contribution is 6.41. The van der Waals surface area contributed by atoms with Gasteiger partial charge < -0.3 is 15.0 Å². The van der Waals surface area contributed by atoms with E-state index in [-0.39, 0.29) is 28.3 Å². The quantitative estimate of drug-likeness (QED) is 0.896. The lowest BCUT2D eigenvalue weighted by Crippen LogP contribution is -2.37. The molecule has 110 valence electrons. The maximum absolute atomic E-state index is 12.3. The predicted molar refractivity (Wildman–Crippen MR) is 76.3 cm³/mol. The first-order valence-electron chi connectivity index (χ1n) is 6.46. The number of hydrogen-bond acceptors (Lipinski definition) is 2. The van der Waals surface area contributed by atoms with Crippen LogP contribution in [0.15, 0.2) is 6.07 Å². The van der Waals surface area contributed by atoms with Crippen LogP contribution in [0.25, 0.3) is 0 Å². The normalized spacial score (nSPS) is 22.2. The van der Waals surface area contributed by atoms with Crippen LogP contribution in [-0.2, 0) is 4.79 Å². The standard InChI is InChI=1S/C13H16Cl2N2O3/c1-2-3-13(12(19)20)4-5-17(7-13)11(18)9-6-8(14)10(15)16-9/h6,16H,2-5,7H2,1H3,(H,19,20). The van der Waals surface area contributed by atoms with Gasteiger partial charge >= 0.3 is 5.97 Å². The second-order valence-corrected chi connectivity index (χ2v) is 5.94. The summed E-state index contributed by atoms with van der Waals surface area (Å²) in [6.45, 7) is 2.60. The number of rotatable bonds is 4. The monoisotopic (exact) mass is 318 g/mol. The van der Waals surface area contributed by atoms with Gasteiger partial charge in [0.1, 0.15) is 10.8 Å². The summed E-state index contributed by atoms with van der Waals surface area (Å²) in [7, 11) is 0. The number of hydrogen-bond donors (Lipinski definition) is 2. The van der Waals surface area contributed by atoms with Crippen LogP contribution in [0.4, 0.5) is 0 Å². The van der Waals surface area contributed by atoms with E-state index in [1.807, 2.05) is 6.92 Å². The highest BCUT2D eigenvalue weighted by Crippen LogP contribution is 2.36. The van der Waals surface area contributed by atoms with E-state index in [0.29, 0.717) is 19.4 Å². The van der Waals surface area contributed by atoms with Crippen molar-refractivity contribution < 1.29 is 14.7 Å². The van der Waals surface area contributed by atoms with Crippen LogP contribution < -0.4 is 0 Å². The Morgan fingerprint density at radius 1 is 1.50 bits per heavy atom. The second kappa shape index (κ2) is 5.66. The lowest BCUT2D eigenvalue weighted by atomic mass is 9.83. The number of aliphatic carboxylic acids is 1. The number of nitrogens with one attached hydrogen (secondary N) is 1. The molecule has 1 aliphatic rings. The van der Waals surface area contributed by atoms with Gasteiger partial charge in [-0.05, 0) is 18.9 Å². The smallest absolute Gasteiger partial charge is 0.311 e. The van der Waals surface area contributed by atoms with E-state index in [9.17, 15) is 14.7 Å². The zero-order valence-electron chi connectivity index (χ0n) is 11.1. The molecule has 0 radical (unpaired) electrons. The largest absolute Gasteiger partial charge is 0.481 e. The van der Waals surface area contributed by atoms with Gasteiger partial charge in [-0.3, -0.25) is 9.59 Å². The first kappa shape index (κ1) is 15.2. The van der Waals surface area contributed by atoms with E-state index >= 15 is 0 Å². The molecule has 0 saturated carbocycles. The SMILES string of the molecule is CCCC1(C(=O)O)CCN(C(=O)c2cc(Cl)c(Cl)[nH]2)C1. The maximum Gasteiger partial charge on any atom is 0.311 e. The molecule has 0 spiro atoms. The molecule has 0 aromatic carbocycles. The van der Waals surface area contributed by atoms with Crippen molar-refractivity contribution in [1.82, 2.24) is 9.88 Å². The maximum atomic E-state index is 12.3. The van der Waals surface area contributed by atoms with Crippen molar-refractivity contribution in [2.45, 2.75) is 26.2 Å². The molecule has 1 aliphatic heterocycles. The Labute approximate surface area is 126 Å². The zero-order chi connectivity index (χ0) is 14.9. The van der Waals surface area contributed by atoms with Gasteiger partial charge in [0.2, 0.25) is 0 Å². The van der Waals surface area contributed by atoms with E-state index in [1.54, 1.807) is 4.90 Å². The second-order valence-electron chi connectivity index (χ2n) is 5.16. The number of carbonyl (C=O) groups is 2. The van der Waals surface area contributed by atoms with Crippen LogP contribution in [0.5, 0.6) is 0 Å². The van der Waals surface area contributed by atoms with E-state index in [2.05, 4.69) is 4.98 Å². The number of nitrogens with zero attached hydrogens (tertiary/aromatic N) is 1. The third-order valence-electron chi connectivity index (χ3n) is 3.78. The summed E-state index contributed by atoms with van der Waals surface area (Å²) in [6.07, 6.45) is 1.82. The molecule has 7 heteroatoms. The summed E-state index contributed by atoms with van der Waals surface area (Å²) in [6, 6.07) is 1.47. The van der Waals surface area contributed by atoms with Gasteiger partial charge in [-0.15, -0.1) is 0 Å². The molecule has 0 bridgehead atoms. The van der Waals surface area contributed by atoms with Crippen molar-refractivity contribution >= 4 is 35.1 Å². The van der Waals surface area contributed by atoms with E-state index < -0.39 is 11.4 Å². The fourth-order valence-corrected chi connectivity index (χ4v) is 3.01. The minimum atomic E-state index is -0.836. The highest BCUT2D eigenvalue weighted by atomic mass is 35.5. The number of likely N-dealkylation sites (tertiary alicyclic amines) is 1. The number of carbonyl (C=O) groups excluding carboxylic acids is 1. The Kier molecular flexibility index (Phi) is 4.30. The van der Waals surface area contributed by atoms with Crippen molar-refractivity contribution in [2.24, 2.45) is 5.41 Å². The Morgan fingerprint density at radius 2 is 2.20 bits per heavy atom. The predicted octanol–water partition coefficient (Wildman–Crippen LogP) is 3.04. The number of H-pyrrole nitrogens is 1. The summed E-state index contributed by atoms with van der Waals surface area (Å²) >= 11 is 11.6. The van der Waals surface area contributed by atoms with Gasteiger partial charge in [-0.2, -0.15) is 0 Å². The zero-order valence-corrected chi connectivity index (χ0v) is 12.6. The summed E-state index contributed by atoms with van der Waals surface area (Å²) in [5.74, 6) is -1.10. The van der Waals surface area contributed by atoms with Crippen molar-refractivity contribution in [3.05, 3.63) is 21.9 Å². The Hall–Kier alpha value is -1.20. The lowest BCUT2D eigenvalue weighted by molar-refractivity contribution is -0.148. The average molecular weight is 319 g/mol. The highest BCUT2D eigenvalue weighted by Gasteiger charge is 2.45. The number of amides is 1. The van der Waals surface area contributed by atoms with Gasteiger partial charge in [0, 0.05) is 13.1 Å². The number of halogens is 2. The van der Waals surface area contributed by atoms with Gasteiger partial charge in [0.25, 0.3) is 5.91 Å². The van der Waals surface area contributed by atoms with Crippen molar-refractivity contribution in [1.29, 1.82) is 0 Å². The van der Waals surface area contributed by atoms with Crippen LogP contribution in [0.1, 0.15) is 36.7 Å². The van der Waals surface area contributed by atoms with Crippen molar-refractivity contribution in [2.75, 3.05) is 13.1 Å². The molecule has 2 rings (SSSR count). The van der Waals surface area contributed by atoms with Crippen molar-refractivity contribution in [3.63, 3.8) is 0 Å². The molecule has 20 heavy (non-hydrogen) atoms. The molecule has 2 N–H and O–H groups in total. The third kappa shape index (κ3) is 2.65. The minimum absolute atomic E-state index is 0.215. The fourth-order valence-electron chi connectivity index (χ4n) is 2.70. The number of aromatic nitrogens is 1. The van der Waals surface area contributed by atoms with E-state index in [1.165, 1.54) is 6.07 Å².